The first-order valence-corrected chi connectivity index (χ1v) is 6.36. The van der Waals surface area contributed by atoms with E-state index >= 15 is 0 Å². The second-order valence-corrected chi connectivity index (χ2v) is 4.54. The van der Waals surface area contributed by atoms with Gasteiger partial charge >= 0.3 is 5.97 Å². The van der Waals surface area contributed by atoms with Crippen LogP contribution in [0.4, 0.5) is 0 Å². The lowest BCUT2D eigenvalue weighted by Crippen LogP contribution is -1.98. The number of carbonyl (C=O) groups is 1. The normalized spacial score (nSPS) is 11.4. The quantitative estimate of drug-likeness (QED) is 0.618. The lowest BCUT2D eigenvalue weighted by atomic mass is 10.4. The molecule has 17 heavy (non-hydrogen) atoms. The van der Waals surface area contributed by atoms with E-state index in [0.29, 0.717) is 6.61 Å². The highest BCUT2D eigenvalue weighted by molar-refractivity contribution is 7.17. The fourth-order valence-corrected chi connectivity index (χ4v) is 2.34. The minimum absolute atomic E-state index is 0.312. The molecule has 2 aromatic rings. The molecule has 0 fully saturated rings. The van der Waals surface area contributed by atoms with E-state index in [9.17, 15) is 4.79 Å². The lowest BCUT2D eigenvalue weighted by Gasteiger charge is -1.93. The van der Waals surface area contributed by atoms with Crippen LogP contribution < -0.4 is 0 Å². The molecule has 90 valence electrons. The summed E-state index contributed by atoms with van der Waals surface area (Å²) < 4.78 is 6.79. The third-order valence-corrected chi connectivity index (χ3v) is 3.22. The number of nitrogens with zero attached hydrogens (tertiary/aromatic N) is 2. The standard InChI is InChI=1S/C12H14N2O2S/c1-3-9-7-14-8-10(17-12(14)13-9)5-6-11(15)16-4-2/h5-8H,3-4H2,1-2H3/b6-5+. The number of ether oxygens (including phenoxy) is 1. The number of hydrogen-bond acceptors (Lipinski definition) is 4. The van der Waals surface area contributed by atoms with E-state index in [1.54, 1.807) is 24.3 Å². The van der Waals surface area contributed by atoms with Crippen molar-refractivity contribution in [2.75, 3.05) is 6.61 Å². The topological polar surface area (TPSA) is 43.6 Å². The van der Waals surface area contributed by atoms with Crippen molar-refractivity contribution >= 4 is 28.3 Å². The largest absolute Gasteiger partial charge is 0.463 e. The van der Waals surface area contributed by atoms with Gasteiger partial charge in [0.15, 0.2) is 4.96 Å². The molecular formula is C12H14N2O2S. The van der Waals surface area contributed by atoms with Gasteiger partial charge < -0.3 is 4.74 Å². The summed E-state index contributed by atoms with van der Waals surface area (Å²) in [5.41, 5.74) is 1.08. The van der Waals surface area contributed by atoms with E-state index in [2.05, 4.69) is 11.9 Å². The molecule has 0 spiro atoms. The summed E-state index contributed by atoms with van der Waals surface area (Å²) in [6.07, 6.45) is 8.09. The predicted molar refractivity (Wildman–Crippen MR) is 68.1 cm³/mol. The number of hydrogen-bond donors (Lipinski definition) is 0. The van der Waals surface area contributed by atoms with Crippen molar-refractivity contribution in [2.24, 2.45) is 0 Å². The van der Waals surface area contributed by atoms with Crippen LogP contribution in [-0.2, 0) is 16.0 Å². The third kappa shape index (κ3) is 2.74. The average molecular weight is 250 g/mol. The van der Waals surface area contributed by atoms with Crippen LogP contribution in [0.1, 0.15) is 24.4 Å². The molecule has 4 nitrogen and oxygen atoms in total. The van der Waals surface area contributed by atoms with Crippen LogP contribution in [-0.4, -0.2) is 22.0 Å². The van der Waals surface area contributed by atoms with Gasteiger partial charge in [0.1, 0.15) is 0 Å². The molecule has 0 unspecified atom stereocenters. The van der Waals surface area contributed by atoms with Gasteiger partial charge in [-0.1, -0.05) is 18.3 Å². The van der Waals surface area contributed by atoms with Crippen LogP contribution in [0.25, 0.3) is 11.0 Å². The summed E-state index contributed by atoms with van der Waals surface area (Å²) in [5.74, 6) is -0.312. The average Bonchev–Trinajstić information content (AvgIpc) is 2.83. The van der Waals surface area contributed by atoms with Gasteiger partial charge in [-0.25, -0.2) is 9.78 Å². The Morgan fingerprint density at radius 2 is 2.35 bits per heavy atom. The van der Waals surface area contributed by atoms with E-state index < -0.39 is 0 Å². The molecule has 0 aliphatic carbocycles. The Morgan fingerprint density at radius 3 is 3.00 bits per heavy atom. The summed E-state index contributed by atoms with van der Waals surface area (Å²) in [7, 11) is 0. The minimum Gasteiger partial charge on any atom is -0.463 e. The van der Waals surface area contributed by atoms with Gasteiger partial charge in [-0.2, -0.15) is 0 Å². The van der Waals surface area contributed by atoms with Gasteiger partial charge in [0, 0.05) is 23.3 Å². The number of aromatic nitrogens is 2. The van der Waals surface area contributed by atoms with Crippen LogP contribution in [0.15, 0.2) is 18.5 Å². The molecule has 0 aliphatic heterocycles. The molecule has 0 amide bonds. The first-order valence-electron chi connectivity index (χ1n) is 5.55. The Hall–Kier alpha value is -1.62. The fraction of sp³-hybridized carbons (Fsp3) is 0.333. The monoisotopic (exact) mass is 250 g/mol. The Bertz CT molecular complexity index is 522. The molecule has 2 rings (SSSR count). The summed E-state index contributed by atoms with van der Waals surface area (Å²) in [5, 5.41) is 0. The second-order valence-electron chi connectivity index (χ2n) is 3.49. The molecule has 2 aromatic heterocycles. The molecule has 0 aromatic carbocycles. The number of thiazole rings is 1. The lowest BCUT2D eigenvalue weighted by molar-refractivity contribution is -0.137. The zero-order chi connectivity index (χ0) is 12.3. The SMILES string of the molecule is CCOC(=O)/C=C/c1cn2cc(CC)nc2s1. The maximum atomic E-state index is 11.1. The van der Waals surface area contributed by atoms with E-state index in [0.717, 1.165) is 22.0 Å². The molecule has 0 radical (unpaired) electrons. The van der Waals surface area contributed by atoms with Crippen molar-refractivity contribution < 1.29 is 9.53 Å². The Balaban J connectivity index is 2.14. The number of fused-ring (bicyclic) bond motifs is 1. The van der Waals surface area contributed by atoms with E-state index in [1.807, 2.05) is 16.8 Å². The van der Waals surface area contributed by atoms with Crippen LogP contribution in [0.2, 0.25) is 0 Å². The molecular weight excluding hydrogens is 236 g/mol. The number of carbonyl (C=O) groups excluding carboxylic acids is 1. The number of esters is 1. The Kier molecular flexibility index (Phi) is 3.58. The maximum Gasteiger partial charge on any atom is 0.330 e. The zero-order valence-electron chi connectivity index (χ0n) is 9.84. The first-order chi connectivity index (χ1) is 8.22. The molecule has 0 saturated carbocycles. The molecule has 0 saturated heterocycles. The molecule has 5 heteroatoms. The van der Waals surface area contributed by atoms with Crippen molar-refractivity contribution in [3.63, 3.8) is 0 Å². The summed E-state index contributed by atoms with van der Waals surface area (Å²) in [6, 6.07) is 0. The second kappa shape index (κ2) is 5.14. The van der Waals surface area contributed by atoms with E-state index in [-0.39, 0.29) is 5.97 Å². The van der Waals surface area contributed by atoms with Crippen LogP contribution in [0.3, 0.4) is 0 Å². The fourth-order valence-electron chi connectivity index (χ4n) is 1.45. The van der Waals surface area contributed by atoms with Gasteiger partial charge in [0.05, 0.1) is 12.3 Å². The highest BCUT2D eigenvalue weighted by Gasteiger charge is 2.03. The van der Waals surface area contributed by atoms with Gasteiger partial charge in [0.2, 0.25) is 0 Å². The summed E-state index contributed by atoms with van der Waals surface area (Å²) in [6.45, 7) is 4.27. The van der Waals surface area contributed by atoms with Crippen molar-refractivity contribution in [1.82, 2.24) is 9.38 Å². The highest BCUT2D eigenvalue weighted by atomic mass is 32.1. The van der Waals surface area contributed by atoms with Gasteiger partial charge in [0.25, 0.3) is 0 Å². The van der Waals surface area contributed by atoms with E-state index in [1.165, 1.54) is 6.08 Å². The van der Waals surface area contributed by atoms with Crippen molar-refractivity contribution in [3.05, 3.63) is 29.0 Å². The van der Waals surface area contributed by atoms with Gasteiger partial charge in [-0.3, -0.25) is 4.40 Å². The summed E-state index contributed by atoms with van der Waals surface area (Å²) in [4.78, 5) is 17.5. The van der Waals surface area contributed by atoms with Crippen molar-refractivity contribution in [1.29, 1.82) is 0 Å². The predicted octanol–water partition coefficient (Wildman–Crippen LogP) is 2.53. The Morgan fingerprint density at radius 1 is 1.53 bits per heavy atom. The van der Waals surface area contributed by atoms with Crippen LogP contribution >= 0.6 is 11.3 Å². The minimum atomic E-state index is -0.312. The smallest absolute Gasteiger partial charge is 0.330 e. The number of rotatable bonds is 4. The first kappa shape index (κ1) is 11.9. The van der Waals surface area contributed by atoms with Gasteiger partial charge in [-0.15, -0.1) is 0 Å². The third-order valence-electron chi connectivity index (χ3n) is 2.26. The van der Waals surface area contributed by atoms with Crippen molar-refractivity contribution in [2.45, 2.75) is 20.3 Å². The van der Waals surface area contributed by atoms with Crippen LogP contribution in [0.5, 0.6) is 0 Å². The molecule has 0 atom stereocenters. The number of aryl methyl sites for hydroxylation is 1. The highest BCUT2D eigenvalue weighted by Crippen LogP contribution is 2.19. The van der Waals surface area contributed by atoms with E-state index in [4.69, 9.17) is 4.74 Å². The molecule has 2 heterocycles. The van der Waals surface area contributed by atoms with Crippen molar-refractivity contribution in [3.8, 4) is 0 Å². The molecule has 0 aliphatic rings. The molecule has 0 bridgehead atoms. The van der Waals surface area contributed by atoms with Gasteiger partial charge in [-0.05, 0) is 19.4 Å². The zero-order valence-corrected chi connectivity index (χ0v) is 10.7. The van der Waals surface area contributed by atoms with Crippen LogP contribution in [0, 0.1) is 0 Å². The Labute approximate surface area is 104 Å². The maximum absolute atomic E-state index is 11.1. The summed E-state index contributed by atoms with van der Waals surface area (Å²) >= 11 is 1.55. The number of imidazole rings is 1. The molecule has 0 N–H and O–H groups in total.